The van der Waals surface area contributed by atoms with Crippen LogP contribution in [0.5, 0.6) is 0 Å². The average molecular weight is 493 g/mol. The number of benzene rings is 2. The number of fused-ring (bicyclic) bond motifs is 2. The Kier molecular flexibility index (Phi) is 5.75. The van der Waals surface area contributed by atoms with Gasteiger partial charge in [0.15, 0.2) is 5.65 Å². The number of hydrogen-bond donors (Lipinski definition) is 1. The summed E-state index contributed by atoms with van der Waals surface area (Å²) in [6, 6.07) is 16.9. The second kappa shape index (κ2) is 9.37. The average Bonchev–Trinajstić information content (AvgIpc) is 3.38. The molecular weight excluding hydrogens is 471 g/mol. The Morgan fingerprint density at radius 3 is 2.86 bits per heavy atom. The van der Waals surface area contributed by atoms with Gasteiger partial charge in [-0.05, 0) is 67.2 Å². The molecule has 37 heavy (non-hydrogen) atoms. The van der Waals surface area contributed by atoms with Crippen LogP contribution in [0.25, 0.3) is 27.6 Å². The summed E-state index contributed by atoms with van der Waals surface area (Å²) in [6.45, 7) is 1.40. The number of halogens is 1. The molecule has 1 aliphatic heterocycles. The minimum absolute atomic E-state index is 0.0815. The fourth-order valence-electron chi connectivity index (χ4n) is 4.78. The first-order chi connectivity index (χ1) is 18.1. The Balaban J connectivity index is 1.44. The topological polar surface area (TPSA) is 113 Å². The minimum atomic E-state index is -0.686. The zero-order chi connectivity index (χ0) is 25.4. The van der Waals surface area contributed by atoms with Gasteiger partial charge in [-0.1, -0.05) is 11.3 Å². The van der Waals surface area contributed by atoms with Crippen LogP contribution < -0.4 is 10.2 Å². The molecule has 0 bridgehead atoms. The molecule has 6 rings (SSSR count). The number of anilines is 1. The van der Waals surface area contributed by atoms with Crippen LogP contribution in [0, 0.1) is 17.1 Å². The lowest BCUT2D eigenvalue weighted by molar-refractivity contribution is 0.0968. The molecule has 1 saturated heterocycles. The molecule has 0 spiro atoms. The number of nitrogens with one attached hydrogen (secondary N) is 1. The Bertz CT molecular complexity index is 1690. The zero-order valence-corrected chi connectivity index (χ0v) is 19.7. The van der Waals surface area contributed by atoms with Crippen LogP contribution in [-0.4, -0.2) is 50.0 Å². The van der Waals surface area contributed by atoms with Crippen LogP contribution >= 0.6 is 0 Å². The standard InChI is InChI=1S/C27H21FN8O/c28-23-14-19(36-26-24(33-34-36)4-2-11-31-26)7-8-21(23)27(37)35(20-3-1-10-30-16-20)25-22-13-17(15-29)5-6-18(22)9-12-32-25/h2,4-9,11-14,20,30H,1,3,10,16H2/t20-/m1/s1. The van der Waals surface area contributed by atoms with Crippen molar-refractivity contribution in [2.24, 2.45) is 0 Å². The first-order valence-corrected chi connectivity index (χ1v) is 11.9. The van der Waals surface area contributed by atoms with Crippen LogP contribution in [0.15, 0.2) is 67.0 Å². The second-order valence-electron chi connectivity index (χ2n) is 8.87. The summed E-state index contributed by atoms with van der Waals surface area (Å²) in [6.07, 6.45) is 4.85. The molecule has 0 radical (unpaired) electrons. The third-order valence-electron chi connectivity index (χ3n) is 6.59. The molecule has 4 heterocycles. The Morgan fingerprint density at radius 1 is 1.14 bits per heavy atom. The highest BCUT2D eigenvalue weighted by atomic mass is 19.1. The lowest BCUT2D eigenvalue weighted by Crippen LogP contribution is -2.49. The number of nitrogens with zero attached hydrogens (tertiary/aromatic N) is 7. The predicted molar refractivity (Wildman–Crippen MR) is 136 cm³/mol. The third-order valence-corrected chi connectivity index (χ3v) is 6.59. The molecule has 3 aromatic heterocycles. The van der Waals surface area contributed by atoms with Crippen molar-refractivity contribution in [1.82, 2.24) is 30.3 Å². The Labute approximate surface area is 211 Å². The van der Waals surface area contributed by atoms with E-state index in [2.05, 4.69) is 31.7 Å². The molecule has 0 saturated carbocycles. The summed E-state index contributed by atoms with van der Waals surface area (Å²) < 4.78 is 17.0. The molecule has 1 fully saturated rings. The summed E-state index contributed by atoms with van der Waals surface area (Å²) in [4.78, 5) is 24.4. The number of piperidine rings is 1. The molecule has 1 amide bonds. The highest BCUT2D eigenvalue weighted by Gasteiger charge is 2.31. The number of aromatic nitrogens is 5. The van der Waals surface area contributed by atoms with Crippen molar-refractivity contribution in [3.05, 3.63) is 83.9 Å². The third kappa shape index (κ3) is 4.05. The largest absolute Gasteiger partial charge is 0.315 e. The van der Waals surface area contributed by atoms with Gasteiger partial charge >= 0.3 is 0 Å². The van der Waals surface area contributed by atoms with Crippen molar-refractivity contribution in [2.45, 2.75) is 18.9 Å². The minimum Gasteiger partial charge on any atom is -0.315 e. The number of nitriles is 1. The van der Waals surface area contributed by atoms with Gasteiger partial charge in [-0.2, -0.15) is 9.94 Å². The molecule has 1 atom stereocenters. The van der Waals surface area contributed by atoms with E-state index in [4.69, 9.17) is 0 Å². The van der Waals surface area contributed by atoms with Gasteiger partial charge in [-0.3, -0.25) is 9.69 Å². The SMILES string of the molecule is N#Cc1ccc2ccnc(N(C(=O)c3ccc(-n4nnc5cccnc54)cc3F)[C@@H]3CCCNC3)c2c1. The number of carbonyl (C=O) groups excluding carboxylic acids is 1. The predicted octanol–water partition coefficient (Wildman–Crippen LogP) is 3.77. The second-order valence-corrected chi connectivity index (χ2v) is 8.87. The van der Waals surface area contributed by atoms with E-state index < -0.39 is 11.7 Å². The highest BCUT2D eigenvalue weighted by molar-refractivity contribution is 6.10. The van der Waals surface area contributed by atoms with Crippen LogP contribution in [0.2, 0.25) is 0 Å². The first kappa shape index (κ1) is 22.7. The van der Waals surface area contributed by atoms with Gasteiger partial charge in [0.25, 0.3) is 5.91 Å². The molecule has 5 aromatic rings. The smallest absolute Gasteiger partial charge is 0.262 e. The maximum atomic E-state index is 15.6. The van der Waals surface area contributed by atoms with E-state index in [0.717, 1.165) is 24.8 Å². The van der Waals surface area contributed by atoms with Gasteiger partial charge in [0.2, 0.25) is 0 Å². The van der Waals surface area contributed by atoms with Gasteiger partial charge in [0.1, 0.15) is 17.2 Å². The summed E-state index contributed by atoms with van der Waals surface area (Å²) >= 11 is 0. The number of pyridine rings is 2. The maximum Gasteiger partial charge on any atom is 0.262 e. The normalized spacial score (nSPS) is 15.5. The van der Waals surface area contributed by atoms with E-state index in [1.54, 1.807) is 47.6 Å². The van der Waals surface area contributed by atoms with Crippen molar-refractivity contribution in [3.8, 4) is 11.8 Å². The van der Waals surface area contributed by atoms with Crippen molar-refractivity contribution < 1.29 is 9.18 Å². The van der Waals surface area contributed by atoms with Crippen molar-refractivity contribution >= 4 is 33.7 Å². The van der Waals surface area contributed by atoms with E-state index in [-0.39, 0.29) is 11.6 Å². The quantitative estimate of drug-likeness (QED) is 0.406. The Morgan fingerprint density at radius 2 is 2.05 bits per heavy atom. The maximum absolute atomic E-state index is 15.6. The van der Waals surface area contributed by atoms with E-state index in [1.807, 2.05) is 12.1 Å². The lowest BCUT2D eigenvalue weighted by atomic mass is 10.0. The highest BCUT2D eigenvalue weighted by Crippen LogP contribution is 2.31. The summed E-state index contributed by atoms with van der Waals surface area (Å²) in [5, 5.41) is 22.4. The van der Waals surface area contributed by atoms with E-state index in [1.165, 1.54) is 16.8 Å². The number of rotatable bonds is 4. The zero-order valence-electron chi connectivity index (χ0n) is 19.7. The van der Waals surface area contributed by atoms with Gasteiger partial charge in [0.05, 0.1) is 28.9 Å². The van der Waals surface area contributed by atoms with Crippen LogP contribution in [0.1, 0.15) is 28.8 Å². The van der Waals surface area contributed by atoms with Crippen molar-refractivity contribution in [2.75, 3.05) is 18.0 Å². The van der Waals surface area contributed by atoms with Gasteiger partial charge in [-0.15, -0.1) is 5.10 Å². The summed E-state index contributed by atoms with van der Waals surface area (Å²) in [5.74, 6) is -0.779. The molecule has 0 aliphatic carbocycles. The molecule has 182 valence electrons. The number of amides is 1. The van der Waals surface area contributed by atoms with Gasteiger partial charge in [0, 0.05) is 30.4 Å². The monoisotopic (exact) mass is 492 g/mol. The van der Waals surface area contributed by atoms with Crippen molar-refractivity contribution in [1.29, 1.82) is 5.26 Å². The van der Waals surface area contributed by atoms with Crippen molar-refractivity contribution in [3.63, 3.8) is 0 Å². The Hall–Kier alpha value is -4.75. The van der Waals surface area contributed by atoms with Crippen LogP contribution in [-0.2, 0) is 0 Å². The summed E-state index contributed by atoms with van der Waals surface area (Å²) in [5.41, 5.74) is 1.85. The lowest BCUT2D eigenvalue weighted by Gasteiger charge is -2.34. The van der Waals surface area contributed by atoms with Gasteiger partial charge in [-0.25, -0.2) is 14.4 Å². The number of carbonyl (C=O) groups is 1. The van der Waals surface area contributed by atoms with E-state index >= 15 is 4.39 Å². The van der Waals surface area contributed by atoms with E-state index in [0.29, 0.717) is 40.2 Å². The molecule has 1 N–H and O–H groups in total. The molecule has 0 unspecified atom stereocenters. The molecule has 2 aromatic carbocycles. The fraction of sp³-hybridized carbons (Fsp3) is 0.185. The molecular formula is C27H21FN8O. The summed E-state index contributed by atoms with van der Waals surface area (Å²) in [7, 11) is 0. The van der Waals surface area contributed by atoms with Crippen LogP contribution in [0.4, 0.5) is 10.2 Å². The number of hydrogen-bond acceptors (Lipinski definition) is 7. The molecule has 9 nitrogen and oxygen atoms in total. The molecule has 10 heteroatoms. The molecule has 1 aliphatic rings. The first-order valence-electron chi connectivity index (χ1n) is 11.9. The van der Waals surface area contributed by atoms with Crippen LogP contribution in [0.3, 0.4) is 0 Å². The fourth-order valence-corrected chi connectivity index (χ4v) is 4.78. The van der Waals surface area contributed by atoms with E-state index in [9.17, 15) is 10.1 Å². The van der Waals surface area contributed by atoms with Gasteiger partial charge < -0.3 is 5.32 Å².